The lowest BCUT2D eigenvalue weighted by molar-refractivity contribution is 0.104. The average Bonchev–Trinajstić information content (AvgIpc) is 2.88. The molecule has 0 atom stereocenters. The Kier molecular flexibility index (Phi) is 1.86. The van der Waals surface area contributed by atoms with Gasteiger partial charge in [-0.25, -0.2) is 0 Å². The van der Waals surface area contributed by atoms with Crippen molar-refractivity contribution in [3.8, 4) is 11.3 Å². The highest BCUT2D eigenvalue weighted by molar-refractivity contribution is 6.27. The van der Waals surface area contributed by atoms with Crippen LogP contribution >= 0.6 is 0 Å². The molecular weight excluding hydrogens is 234 g/mol. The third-order valence-corrected chi connectivity index (χ3v) is 4.07. The van der Waals surface area contributed by atoms with Crippen molar-refractivity contribution in [1.29, 1.82) is 0 Å². The first kappa shape index (κ1) is 10.6. The van der Waals surface area contributed by atoms with Crippen LogP contribution in [0.2, 0.25) is 0 Å². The van der Waals surface area contributed by atoms with Crippen LogP contribution in [0.1, 0.15) is 21.5 Å². The Morgan fingerprint density at radius 3 is 2.47 bits per heavy atom. The molecular formula is C17H13NO. The molecule has 19 heavy (non-hydrogen) atoms. The van der Waals surface area contributed by atoms with Gasteiger partial charge in [-0.2, -0.15) is 0 Å². The van der Waals surface area contributed by atoms with E-state index in [9.17, 15) is 4.79 Å². The number of rotatable bonds is 0. The molecule has 0 bridgehead atoms. The van der Waals surface area contributed by atoms with Crippen molar-refractivity contribution in [2.75, 3.05) is 0 Å². The Bertz CT molecular complexity index is 855. The molecule has 0 spiro atoms. The molecule has 3 aromatic rings. The lowest BCUT2D eigenvalue weighted by Crippen LogP contribution is -1.95. The molecule has 0 aliphatic heterocycles. The Labute approximate surface area is 111 Å². The van der Waals surface area contributed by atoms with Crippen LogP contribution in [0.4, 0.5) is 0 Å². The maximum Gasteiger partial charge on any atom is 0.196 e. The summed E-state index contributed by atoms with van der Waals surface area (Å²) in [6, 6.07) is 14.0. The van der Waals surface area contributed by atoms with Gasteiger partial charge >= 0.3 is 0 Å². The number of para-hydroxylation sites is 1. The number of aromatic nitrogens is 1. The molecule has 0 unspecified atom stereocenters. The van der Waals surface area contributed by atoms with Crippen LogP contribution in [0.15, 0.2) is 42.5 Å². The van der Waals surface area contributed by atoms with E-state index in [1.807, 2.05) is 43.4 Å². The third-order valence-electron chi connectivity index (χ3n) is 4.07. The third kappa shape index (κ3) is 1.14. The van der Waals surface area contributed by atoms with Crippen LogP contribution in [0.5, 0.6) is 0 Å². The van der Waals surface area contributed by atoms with E-state index in [0.29, 0.717) is 0 Å². The Morgan fingerprint density at radius 2 is 1.68 bits per heavy atom. The number of ketones is 1. The van der Waals surface area contributed by atoms with Gasteiger partial charge in [0.2, 0.25) is 0 Å². The van der Waals surface area contributed by atoms with Gasteiger partial charge in [-0.05, 0) is 12.5 Å². The predicted octanol–water partition coefficient (Wildman–Crippen LogP) is 3.70. The highest BCUT2D eigenvalue weighted by Crippen LogP contribution is 2.42. The smallest absolute Gasteiger partial charge is 0.196 e. The monoisotopic (exact) mass is 247 g/mol. The normalized spacial score (nSPS) is 12.8. The summed E-state index contributed by atoms with van der Waals surface area (Å²) in [6.45, 7) is 2.09. The summed E-state index contributed by atoms with van der Waals surface area (Å²) in [7, 11) is 2.05. The predicted molar refractivity (Wildman–Crippen MR) is 76.5 cm³/mol. The molecule has 0 saturated heterocycles. The van der Waals surface area contributed by atoms with Crippen molar-refractivity contribution < 1.29 is 4.79 Å². The zero-order valence-electron chi connectivity index (χ0n) is 10.9. The number of benzene rings is 2. The van der Waals surface area contributed by atoms with Crippen molar-refractivity contribution in [2.24, 2.45) is 7.05 Å². The number of aryl methyl sites for hydroxylation is 2. The van der Waals surface area contributed by atoms with E-state index in [1.54, 1.807) is 0 Å². The fourth-order valence-electron chi connectivity index (χ4n) is 3.28. The standard InChI is InChI=1S/C17H13NO/c1-10-6-5-9-13-14-16(18(2)15(10)13)11-7-3-4-8-12(11)17(14)19/h3-9H,1-2H3. The van der Waals surface area contributed by atoms with Gasteiger partial charge in [-0.3, -0.25) is 4.79 Å². The lowest BCUT2D eigenvalue weighted by atomic mass is 10.1. The van der Waals surface area contributed by atoms with E-state index < -0.39 is 0 Å². The number of carbonyl (C=O) groups excluding carboxylic acids is 1. The summed E-state index contributed by atoms with van der Waals surface area (Å²) >= 11 is 0. The van der Waals surface area contributed by atoms with Gasteiger partial charge in [-0.1, -0.05) is 42.5 Å². The second kappa shape index (κ2) is 3.35. The molecule has 1 aliphatic rings. The fraction of sp³-hybridized carbons (Fsp3) is 0.118. The summed E-state index contributed by atoms with van der Waals surface area (Å²) in [6.07, 6.45) is 0. The first-order valence-corrected chi connectivity index (χ1v) is 6.42. The van der Waals surface area contributed by atoms with Crippen LogP contribution < -0.4 is 0 Å². The SMILES string of the molecule is Cc1cccc2c3c(n(C)c12)-c1ccccc1C3=O. The van der Waals surface area contributed by atoms with Gasteiger partial charge in [-0.15, -0.1) is 0 Å². The van der Waals surface area contributed by atoms with Crippen LogP contribution in [-0.4, -0.2) is 10.4 Å². The van der Waals surface area contributed by atoms with Gasteiger partial charge in [0, 0.05) is 23.6 Å². The molecule has 1 heterocycles. The zero-order chi connectivity index (χ0) is 13.1. The molecule has 4 rings (SSSR count). The maximum atomic E-state index is 12.6. The van der Waals surface area contributed by atoms with Crippen molar-refractivity contribution in [3.63, 3.8) is 0 Å². The van der Waals surface area contributed by atoms with Gasteiger partial charge in [0.15, 0.2) is 5.78 Å². The number of hydrogen-bond acceptors (Lipinski definition) is 1. The second-order valence-corrected chi connectivity index (χ2v) is 5.13. The van der Waals surface area contributed by atoms with E-state index >= 15 is 0 Å². The molecule has 0 radical (unpaired) electrons. The summed E-state index contributed by atoms with van der Waals surface area (Å²) in [5, 5.41) is 1.07. The number of fused-ring (bicyclic) bond motifs is 5. The largest absolute Gasteiger partial charge is 0.343 e. The van der Waals surface area contributed by atoms with Crippen molar-refractivity contribution in [3.05, 3.63) is 59.2 Å². The maximum absolute atomic E-state index is 12.6. The van der Waals surface area contributed by atoms with E-state index in [4.69, 9.17) is 0 Å². The molecule has 2 aromatic carbocycles. The van der Waals surface area contributed by atoms with Gasteiger partial charge in [0.05, 0.1) is 16.8 Å². The van der Waals surface area contributed by atoms with Crippen LogP contribution in [0.3, 0.4) is 0 Å². The molecule has 1 aliphatic carbocycles. The average molecular weight is 247 g/mol. The minimum Gasteiger partial charge on any atom is -0.343 e. The first-order valence-electron chi connectivity index (χ1n) is 6.42. The van der Waals surface area contributed by atoms with Crippen LogP contribution in [0, 0.1) is 6.92 Å². The van der Waals surface area contributed by atoms with Crippen molar-refractivity contribution in [2.45, 2.75) is 6.92 Å². The number of hydrogen-bond donors (Lipinski definition) is 0. The zero-order valence-corrected chi connectivity index (χ0v) is 10.9. The summed E-state index contributed by atoms with van der Waals surface area (Å²) in [4.78, 5) is 12.6. The molecule has 92 valence electrons. The van der Waals surface area contributed by atoms with Crippen LogP contribution in [0.25, 0.3) is 22.2 Å². The Hall–Kier alpha value is -2.35. The first-order chi connectivity index (χ1) is 9.20. The molecule has 0 saturated carbocycles. The van der Waals surface area contributed by atoms with Crippen LogP contribution in [-0.2, 0) is 7.05 Å². The lowest BCUT2D eigenvalue weighted by Gasteiger charge is -2.06. The Morgan fingerprint density at radius 1 is 0.947 bits per heavy atom. The van der Waals surface area contributed by atoms with E-state index in [1.165, 1.54) is 5.56 Å². The quantitative estimate of drug-likeness (QED) is 0.464. The molecule has 1 aromatic heterocycles. The van der Waals surface area contributed by atoms with Gasteiger partial charge in [0.1, 0.15) is 0 Å². The molecule has 2 nitrogen and oxygen atoms in total. The summed E-state index contributed by atoms with van der Waals surface area (Å²) in [5.41, 5.74) is 6.18. The number of nitrogens with zero attached hydrogens (tertiary/aromatic N) is 1. The minimum absolute atomic E-state index is 0.154. The van der Waals surface area contributed by atoms with Crippen molar-refractivity contribution in [1.82, 2.24) is 4.57 Å². The molecule has 0 fully saturated rings. The second-order valence-electron chi connectivity index (χ2n) is 5.13. The molecule has 0 amide bonds. The Balaban J connectivity index is 2.25. The minimum atomic E-state index is 0.154. The summed E-state index contributed by atoms with van der Waals surface area (Å²) in [5.74, 6) is 0.154. The van der Waals surface area contributed by atoms with E-state index in [-0.39, 0.29) is 5.78 Å². The van der Waals surface area contributed by atoms with E-state index in [2.05, 4.69) is 17.6 Å². The van der Waals surface area contributed by atoms with Gasteiger partial charge in [0.25, 0.3) is 0 Å². The number of carbonyl (C=O) groups is 1. The van der Waals surface area contributed by atoms with Crippen molar-refractivity contribution >= 4 is 16.7 Å². The fourth-order valence-corrected chi connectivity index (χ4v) is 3.28. The highest BCUT2D eigenvalue weighted by Gasteiger charge is 2.32. The molecule has 2 heteroatoms. The topological polar surface area (TPSA) is 22.0 Å². The summed E-state index contributed by atoms with van der Waals surface area (Å²) < 4.78 is 2.16. The van der Waals surface area contributed by atoms with Gasteiger partial charge < -0.3 is 4.57 Å². The highest BCUT2D eigenvalue weighted by atomic mass is 16.1. The molecule has 0 N–H and O–H groups in total. The van der Waals surface area contributed by atoms with E-state index in [0.717, 1.165) is 33.3 Å².